The molecule has 4 heteroatoms. The maximum Gasteiger partial charge on any atom is 0.254 e. The molecular weight excluding hydrogens is 232 g/mol. The van der Waals surface area contributed by atoms with E-state index in [2.05, 4.69) is 0 Å². The highest BCUT2D eigenvalue weighted by molar-refractivity contribution is 7.08. The molecule has 17 heavy (non-hydrogen) atoms. The third-order valence-corrected chi connectivity index (χ3v) is 4.83. The lowest BCUT2D eigenvalue weighted by molar-refractivity contribution is 0.0784. The fraction of sp³-hybridized carbons (Fsp3) is 0.615. The van der Waals surface area contributed by atoms with Gasteiger partial charge in [0.15, 0.2) is 0 Å². The highest BCUT2D eigenvalue weighted by Crippen LogP contribution is 2.36. The predicted octanol–water partition coefficient (Wildman–Crippen LogP) is 1.95. The molecule has 1 aromatic rings. The van der Waals surface area contributed by atoms with Crippen LogP contribution in [0.1, 0.15) is 29.6 Å². The quantitative estimate of drug-likeness (QED) is 0.828. The van der Waals surface area contributed by atoms with Gasteiger partial charge in [0.1, 0.15) is 0 Å². The van der Waals surface area contributed by atoms with E-state index in [0.717, 1.165) is 31.5 Å². The summed E-state index contributed by atoms with van der Waals surface area (Å²) >= 11 is 1.59. The van der Waals surface area contributed by atoms with Crippen LogP contribution in [-0.2, 0) is 0 Å². The van der Waals surface area contributed by atoms with E-state index >= 15 is 0 Å². The molecule has 0 radical (unpaired) electrons. The molecule has 2 heterocycles. The van der Waals surface area contributed by atoms with E-state index in [1.807, 2.05) is 21.7 Å². The Kier molecular flexibility index (Phi) is 2.92. The van der Waals surface area contributed by atoms with Crippen LogP contribution in [0.2, 0.25) is 0 Å². The summed E-state index contributed by atoms with van der Waals surface area (Å²) in [5, 5.41) is 3.91. The monoisotopic (exact) mass is 250 g/mol. The summed E-state index contributed by atoms with van der Waals surface area (Å²) in [5.74, 6) is 1.54. The average molecular weight is 250 g/mol. The first-order valence-corrected chi connectivity index (χ1v) is 7.25. The van der Waals surface area contributed by atoms with Crippen LogP contribution in [0.5, 0.6) is 0 Å². The Bertz CT molecular complexity index is 404. The molecule has 1 saturated heterocycles. The summed E-state index contributed by atoms with van der Waals surface area (Å²) in [6.45, 7) is 1.85. The van der Waals surface area contributed by atoms with Gasteiger partial charge >= 0.3 is 0 Å². The number of likely N-dealkylation sites (tertiary alicyclic amines) is 1. The molecule has 3 atom stereocenters. The lowest BCUT2D eigenvalue weighted by Gasteiger charge is -2.27. The normalized spacial score (nSPS) is 32.5. The number of thiophene rings is 1. The van der Waals surface area contributed by atoms with Gasteiger partial charge in [-0.15, -0.1) is 0 Å². The Labute approximate surface area is 106 Å². The van der Waals surface area contributed by atoms with E-state index in [-0.39, 0.29) is 5.91 Å². The third kappa shape index (κ3) is 2.11. The van der Waals surface area contributed by atoms with Crippen molar-refractivity contribution in [3.63, 3.8) is 0 Å². The summed E-state index contributed by atoms with van der Waals surface area (Å²) in [4.78, 5) is 14.3. The number of nitrogens with zero attached hydrogens (tertiary/aromatic N) is 1. The molecule has 3 nitrogen and oxygen atoms in total. The number of hydrogen-bond donors (Lipinski definition) is 1. The molecular formula is C13H18N2OS. The number of rotatable bonds is 1. The van der Waals surface area contributed by atoms with Crippen molar-refractivity contribution >= 4 is 17.2 Å². The Hall–Kier alpha value is -0.870. The molecule has 1 aliphatic carbocycles. The molecule has 1 aromatic heterocycles. The number of hydrogen-bond acceptors (Lipinski definition) is 3. The average Bonchev–Trinajstić information content (AvgIpc) is 2.96. The molecule has 3 rings (SSSR count). The number of fused-ring (bicyclic) bond motifs is 1. The van der Waals surface area contributed by atoms with Gasteiger partial charge in [0.05, 0.1) is 5.56 Å². The van der Waals surface area contributed by atoms with Crippen molar-refractivity contribution in [3.8, 4) is 0 Å². The van der Waals surface area contributed by atoms with Crippen molar-refractivity contribution in [3.05, 3.63) is 22.4 Å². The minimum Gasteiger partial charge on any atom is -0.338 e. The molecule has 1 amide bonds. The summed E-state index contributed by atoms with van der Waals surface area (Å²) in [5.41, 5.74) is 6.85. The first-order valence-electron chi connectivity index (χ1n) is 6.31. The molecule has 2 aliphatic rings. The first kappa shape index (κ1) is 11.2. The Morgan fingerprint density at radius 2 is 2.18 bits per heavy atom. The first-order chi connectivity index (χ1) is 8.24. The SMILES string of the molecule is NC1CC[C@@H]2CN(C(=O)c3ccsc3)C[C@@H]2C1. The molecule has 0 bridgehead atoms. The number of nitrogens with two attached hydrogens (primary N) is 1. The minimum absolute atomic E-state index is 0.203. The van der Waals surface area contributed by atoms with Crippen LogP contribution in [0.15, 0.2) is 16.8 Å². The molecule has 0 aromatic carbocycles. The lowest BCUT2D eigenvalue weighted by Crippen LogP contribution is -2.32. The van der Waals surface area contributed by atoms with E-state index in [1.165, 1.54) is 6.42 Å². The molecule has 1 unspecified atom stereocenters. The summed E-state index contributed by atoms with van der Waals surface area (Å²) < 4.78 is 0. The van der Waals surface area contributed by atoms with Gasteiger partial charge in [0.25, 0.3) is 5.91 Å². The fourth-order valence-electron chi connectivity index (χ4n) is 3.20. The molecule has 1 saturated carbocycles. The summed E-state index contributed by atoms with van der Waals surface area (Å²) in [6.07, 6.45) is 3.42. The summed E-state index contributed by atoms with van der Waals surface area (Å²) in [6, 6.07) is 2.27. The van der Waals surface area contributed by atoms with Gasteiger partial charge in [0, 0.05) is 24.5 Å². The molecule has 92 valence electrons. The second kappa shape index (κ2) is 4.42. The van der Waals surface area contributed by atoms with Crippen LogP contribution < -0.4 is 5.73 Å². The minimum atomic E-state index is 0.203. The molecule has 2 fully saturated rings. The molecule has 2 N–H and O–H groups in total. The van der Waals surface area contributed by atoms with E-state index in [0.29, 0.717) is 17.9 Å². The van der Waals surface area contributed by atoms with Gasteiger partial charge in [-0.1, -0.05) is 0 Å². The van der Waals surface area contributed by atoms with Crippen LogP contribution in [-0.4, -0.2) is 29.9 Å². The number of amides is 1. The van der Waals surface area contributed by atoms with Crippen molar-refractivity contribution in [2.45, 2.75) is 25.3 Å². The van der Waals surface area contributed by atoms with Crippen molar-refractivity contribution < 1.29 is 4.79 Å². The van der Waals surface area contributed by atoms with Gasteiger partial charge in [-0.25, -0.2) is 0 Å². The van der Waals surface area contributed by atoms with Crippen molar-refractivity contribution in [1.82, 2.24) is 4.90 Å². The summed E-state index contributed by atoms with van der Waals surface area (Å²) in [7, 11) is 0. The second-order valence-corrected chi connectivity index (χ2v) is 6.10. The van der Waals surface area contributed by atoms with Gasteiger partial charge in [-0.05, 0) is 42.5 Å². The molecule has 1 aliphatic heterocycles. The Balaban J connectivity index is 1.69. The Morgan fingerprint density at radius 3 is 2.94 bits per heavy atom. The smallest absolute Gasteiger partial charge is 0.254 e. The van der Waals surface area contributed by atoms with E-state index in [1.54, 1.807) is 11.3 Å². The van der Waals surface area contributed by atoms with Crippen LogP contribution in [0.4, 0.5) is 0 Å². The van der Waals surface area contributed by atoms with E-state index in [9.17, 15) is 4.79 Å². The zero-order valence-electron chi connectivity index (χ0n) is 9.84. The molecule has 0 spiro atoms. The van der Waals surface area contributed by atoms with Gasteiger partial charge < -0.3 is 10.6 Å². The zero-order chi connectivity index (χ0) is 11.8. The second-order valence-electron chi connectivity index (χ2n) is 5.32. The number of carbonyl (C=O) groups is 1. The van der Waals surface area contributed by atoms with Crippen LogP contribution in [0.25, 0.3) is 0 Å². The largest absolute Gasteiger partial charge is 0.338 e. The van der Waals surface area contributed by atoms with Crippen molar-refractivity contribution in [1.29, 1.82) is 0 Å². The zero-order valence-corrected chi connectivity index (χ0v) is 10.7. The standard InChI is InChI=1S/C13H18N2OS/c14-12-2-1-9-6-15(7-11(9)5-12)13(16)10-3-4-17-8-10/h3-4,8-9,11-12H,1-2,5-7,14H2/t9-,11+,12?/m1/s1. The highest BCUT2D eigenvalue weighted by Gasteiger charge is 2.38. The van der Waals surface area contributed by atoms with Gasteiger partial charge in [-0.2, -0.15) is 11.3 Å². The maximum atomic E-state index is 12.2. The van der Waals surface area contributed by atoms with E-state index < -0.39 is 0 Å². The Morgan fingerprint density at radius 1 is 1.35 bits per heavy atom. The maximum absolute atomic E-state index is 12.2. The van der Waals surface area contributed by atoms with Gasteiger partial charge in [-0.3, -0.25) is 4.79 Å². The lowest BCUT2D eigenvalue weighted by atomic mass is 9.79. The topological polar surface area (TPSA) is 46.3 Å². The number of carbonyl (C=O) groups excluding carboxylic acids is 1. The van der Waals surface area contributed by atoms with Crippen molar-refractivity contribution in [2.75, 3.05) is 13.1 Å². The fourth-order valence-corrected chi connectivity index (χ4v) is 3.83. The van der Waals surface area contributed by atoms with Gasteiger partial charge in [0.2, 0.25) is 0 Å². The predicted molar refractivity (Wildman–Crippen MR) is 69.0 cm³/mol. The van der Waals surface area contributed by atoms with Crippen molar-refractivity contribution in [2.24, 2.45) is 17.6 Å². The highest BCUT2D eigenvalue weighted by atomic mass is 32.1. The van der Waals surface area contributed by atoms with Crippen LogP contribution in [0.3, 0.4) is 0 Å². The van der Waals surface area contributed by atoms with Crippen LogP contribution >= 0.6 is 11.3 Å². The van der Waals surface area contributed by atoms with Crippen LogP contribution in [0, 0.1) is 11.8 Å². The van der Waals surface area contributed by atoms with E-state index in [4.69, 9.17) is 5.73 Å². The third-order valence-electron chi connectivity index (χ3n) is 4.15.